The number of carboxylic acid groups (broad SMARTS) is 1. The number of carboxylic acids is 1. The van der Waals surface area contributed by atoms with Crippen molar-refractivity contribution in [2.24, 2.45) is 0 Å². The molecule has 2 heterocycles. The molecule has 94 valence electrons. The number of nitrogens with zero attached hydrogens (tertiary/aromatic N) is 2. The first-order valence-corrected chi connectivity index (χ1v) is 5.40. The first-order chi connectivity index (χ1) is 8.42. The summed E-state index contributed by atoms with van der Waals surface area (Å²) in [5, 5.41) is 15.4. The average Bonchev–Trinajstić information content (AvgIpc) is 2.71. The number of amides is 1. The Morgan fingerprint density at radius 3 is 2.78 bits per heavy atom. The highest BCUT2D eigenvalue weighted by molar-refractivity contribution is 6.02. The van der Waals surface area contributed by atoms with Crippen molar-refractivity contribution in [3.8, 4) is 0 Å². The Bertz CT molecular complexity index is 616. The molecular weight excluding hydrogens is 234 g/mol. The van der Waals surface area contributed by atoms with Crippen molar-refractivity contribution in [2.75, 3.05) is 0 Å². The normalized spacial score (nSPS) is 11.4. The molecule has 0 aliphatic rings. The topological polar surface area (TPSA) is 83.7 Å². The predicted molar refractivity (Wildman–Crippen MR) is 64.4 cm³/mol. The van der Waals surface area contributed by atoms with E-state index >= 15 is 0 Å². The van der Waals surface area contributed by atoms with Gasteiger partial charge >= 0.3 is 5.97 Å². The van der Waals surface area contributed by atoms with E-state index in [1.54, 1.807) is 28.9 Å². The van der Waals surface area contributed by atoms with Gasteiger partial charge in [-0.05, 0) is 26.0 Å². The number of pyridine rings is 1. The largest absolute Gasteiger partial charge is 0.480 e. The Morgan fingerprint density at radius 1 is 1.39 bits per heavy atom. The molecular formula is C12H13N3O3. The van der Waals surface area contributed by atoms with Crippen LogP contribution in [0.5, 0.6) is 0 Å². The molecule has 0 radical (unpaired) electrons. The van der Waals surface area contributed by atoms with Crippen molar-refractivity contribution in [3.63, 3.8) is 0 Å². The zero-order chi connectivity index (χ0) is 13.3. The maximum atomic E-state index is 12.0. The van der Waals surface area contributed by atoms with Gasteiger partial charge in [0.05, 0.1) is 17.3 Å². The summed E-state index contributed by atoms with van der Waals surface area (Å²) >= 11 is 0. The third-order valence-corrected chi connectivity index (χ3v) is 2.63. The van der Waals surface area contributed by atoms with Crippen LogP contribution in [0, 0.1) is 0 Å². The van der Waals surface area contributed by atoms with Gasteiger partial charge in [0.15, 0.2) is 0 Å². The Labute approximate surface area is 103 Å². The smallest absolute Gasteiger partial charge is 0.328 e. The molecule has 0 spiro atoms. The van der Waals surface area contributed by atoms with Gasteiger partial charge < -0.3 is 10.4 Å². The Hall–Kier alpha value is -2.37. The van der Waals surface area contributed by atoms with Crippen molar-refractivity contribution in [2.45, 2.75) is 19.4 Å². The van der Waals surface area contributed by atoms with E-state index in [1.807, 2.05) is 0 Å². The van der Waals surface area contributed by atoms with E-state index in [0.717, 1.165) is 0 Å². The molecule has 0 unspecified atom stereocenters. The summed E-state index contributed by atoms with van der Waals surface area (Å²) in [5.74, 6) is -1.55. The third kappa shape index (κ3) is 2.04. The molecule has 0 fully saturated rings. The highest BCUT2D eigenvalue weighted by atomic mass is 16.4. The second kappa shape index (κ2) is 4.14. The van der Waals surface area contributed by atoms with E-state index in [4.69, 9.17) is 5.11 Å². The van der Waals surface area contributed by atoms with E-state index < -0.39 is 17.4 Å². The fourth-order valence-corrected chi connectivity index (χ4v) is 1.51. The zero-order valence-electron chi connectivity index (χ0n) is 10.0. The van der Waals surface area contributed by atoms with Crippen LogP contribution in [0.3, 0.4) is 0 Å². The van der Waals surface area contributed by atoms with Gasteiger partial charge in [0.1, 0.15) is 5.54 Å². The molecule has 2 aromatic heterocycles. The molecule has 0 aliphatic heterocycles. The zero-order valence-corrected chi connectivity index (χ0v) is 10.0. The van der Waals surface area contributed by atoms with Crippen LogP contribution in [-0.4, -0.2) is 32.1 Å². The molecule has 6 heteroatoms. The van der Waals surface area contributed by atoms with Crippen molar-refractivity contribution < 1.29 is 14.7 Å². The van der Waals surface area contributed by atoms with Crippen LogP contribution in [0.2, 0.25) is 0 Å². The first kappa shape index (κ1) is 12.1. The third-order valence-electron chi connectivity index (χ3n) is 2.63. The van der Waals surface area contributed by atoms with E-state index in [0.29, 0.717) is 11.1 Å². The van der Waals surface area contributed by atoms with Crippen LogP contribution in [0.4, 0.5) is 0 Å². The summed E-state index contributed by atoms with van der Waals surface area (Å²) in [7, 11) is 0. The number of carbonyl (C=O) groups is 2. The van der Waals surface area contributed by atoms with Crippen molar-refractivity contribution in [3.05, 3.63) is 36.2 Å². The van der Waals surface area contributed by atoms with Gasteiger partial charge in [-0.2, -0.15) is 5.10 Å². The molecule has 18 heavy (non-hydrogen) atoms. The van der Waals surface area contributed by atoms with Crippen LogP contribution < -0.4 is 5.32 Å². The minimum atomic E-state index is -1.32. The number of aliphatic carboxylic acids is 1. The van der Waals surface area contributed by atoms with Gasteiger partial charge in [0, 0.05) is 6.20 Å². The molecule has 1 amide bonds. The standard InChI is InChI=1S/C12H13N3O3/c1-12(2,11(17)18)14-10(16)8-7-13-15-6-4-3-5-9(8)15/h3-7H,1-2H3,(H,14,16)(H,17,18). The quantitative estimate of drug-likeness (QED) is 0.845. The molecule has 2 rings (SSSR count). The average molecular weight is 247 g/mol. The van der Waals surface area contributed by atoms with E-state index in [2.05, 4.69) is 10.4 Å². The van der Waals surface area contributed by atoms with Gasteiger partial charge in [-0.3, -0.25) is 4.79 Å². The van der Waals surface area contributed by atoms with Gasteiger partial charge in [0.25, 0.3) is 5.91 Å². The Morgan fingerprint density at radius 2 is 2.11 bits per heavy atom. The summed E-state index contributed by atoms with van der Waals surface area (Å²) in [4.78, 5) is 23.0. The highest BCUT2D eigenvalue weighted by Crippen LogP contribution is 2.12. The molecule has 0 aromatic carbocycles. The molecule has 6 nitrogen and oxygen atoms in total. The van der Waals surface area contributed by atoms with Crippen molar-refractivity contribution in [1.29, 1.82) is 0 Å². The van der Waals surface area contributed by atoms with Gasteiger partial charge in [0.2, 0.25) is 0 Å². The molecule has 2 aromatic rings. The van der Waals surface area contributed by atoms with Gasteiger partial charge in [-0.15, -0.1) is 0 Å². The first-order valence-electron chi connectivity index (χ1n) is 5.40. The lowest BCUT2D eigenvalue weighted by Gasteiger charge is -2.20. The summed E-state index contributed by atoms with van der Waals surface area (Å²) in [6, 6.07) is 5.33. The second-order valence-corrected chi connectivity index (χ2v) is 4.47. The minimum Gasteiger partial charge on any atom is -0.480 e. The lowest BCUT2D eigenvalue weighted by Crippen LogP contribution is -2.49. The number of rotatable bonds is 3. The molecule has 0 aliphatic carbocycles. The maximum Gasteiger partial charge on any atom is 0.328 e. The number of nitrogens with one attached hydrogen (secondary N) is 1. The predicted octanol–water partition coefficient (Wildman–Crippen LogP) is 0.927. The SMILES string of the molecule is CC(C)(NC(=O)c1cnn2ccccc12)C(=O)O. The van der Waals surface area contributed by atoms with Gasteiger partial charge in [-0.1, -0.05) is 6.07 Å². The van der Waals surface area contributed by atoms with Crippen molar-refractivity contribution in [1.82, 2.24) is 14.9 Å². The maximum absolute atomic E-state index is 12.0. The van der Waals surface area contributed by atoms with Crippen LogP contribution >= 0.6 is 0 Å². The number of hydrogen-bond donors (Lipinski definition) is 2. The molecule has 0 bridgehead atoms. The lowest BCUT2D eigenvalue weighted by molar-refractivity contribution is -0.143. The number of aromatic nitrogens is 2. The van der Waals surface area contributed by atoms with E-state index in [-0.39, 0.29) is 0 Å². The minimum absolute atomic E-state index is 0.352. The molecule has 0 atom stereocenters. The van der Waals surface area contributed by atoms with Crippen LogP contribution in [0.1, 0.15) is 24.2 Å². The number of hydrogen-bond acceptors (Lipinski definition) is 3. The monoisotopic (exact) mass is 247 g/mol. The molecule has 0 saturated heterocycles. The number of fused-ring (bicyclic) bond motifs is 1. The van der Waals surface area contributed by atoms with Crippen molar-refractivity contribution >= 4 is 17.4 Å². The highest BCUT2D eigenvalue weighted by Gasteiger charge is 2.30. The second-order valence-electron chi connectivity index (χ2n) is 4.47. The van der Waals surface area contributed by atoms with Crippen LogP contribution in [0.15, 0.2) is 30.6 Å². The molecule has 2 N–H and O–H groups in total. The Balaban J connectivity index is 2.32. The summed E-state index contributed by atoms with van der Waals surface area (Å²) < 4.78 is 1.56. The fraction of sp³-hybridized carbons (Fsp3) is 0.250. The summed E-state index contributed by atoms with van der Waals surface area (Å²) in [6.45, 7) is 2.86. The fourth-order valence-electron chi connectivity index (χ4n) is 1.51. The lowest BCUT2D eigenvalue weighted by atomic mass is 10.1. The number of carbonyl (C=O) groups excluding carboxylic acids is 1. The Kier molecular flexibility index (Phi) is 2.78. The summed E-state index contributed by atoms with van der Waals surface area (Å²) in [6.07, 6.45) is 3.14. The van der Waals surface area contributed by atoms with E-state index in [1.165, 1.54) is 20.0 Å². The van der Waals surface area contributed by atoms with Crippen LogP contribution in [-0.2, 0) is 4.79 Å². The van der Waals surface area contributed by atoms with Crippen LogP contribution in [0.25, 0.3) is 5.52 Å². The van der Waals surface area contributed by atoms with Gasteiger partial charge in [-0.25, -0.2) is 9.31 Å². The van der Waals surface area contributed by atoms with E-state index in [9.17, 15) is 9.59 Å². The summed E-state index contributed by atoms with van der Waals surface area (Å²) in [5.41, 5.74) is -0.332. The molecule has 0 saturated carbocycles.